The molecule has 0 bridgehead atoms. The Bertz CT molecular complexity index is 168. The van der Waals surface area contributed by atoms with Crippen LogP contribution >= 0.6 is 0 Å². The number of carbonyl (C=O) groups is 1. The first-order valence-corrected chi connectivity index (χ1v) is 4.50. The van der Waals surface area contributed by atoms with Gasteiger partial charge in [0.05, 0.1) is 12.2 Å². The van der Waals surface area contributed by atoms with Crippen molar-refractivity contribution in [2.45, 2.75) is 39.4 Å². The monoisotopic (exact) mass is 171 g/mol. The van der Waals surface area contributed by atoms with Crippen molar-refractivity contribution in [1.29, 1.82) is 0 Å². The molecule has 0 radical (unpaired) electrons. The number of carbonyl (C=O) groups excluding carboxylic acids is 1. The third-order valence-electron chi connectivity index (χ3n) is 2.05. The summed E-state index contributed by atoms with van der Waals surface area (Å²) in [6.07, 6.45) is 1.51. The average molecular weight is 171 g/mol. The Morgan fingerprint density at radius 3 is 2.67 bits per heavy atom. The van der Waals surface area contributed by atoms with Gasteiger partial charge in [0.25, 0.3) is 0 Å². The van der Waals surface area contributed by atoms with Crippen molar-refractivity contribution < 1.29 is 9.53 Å². The van der Waals surface area contributed by atoms with Gasteiger partial charge in [-0.1, -0.05) is 0 Å². The van der Waals surface area contributed by atoms with Crippen LogP contribution in [0.3, 0.4) is 0 Å². The highest BCUT2D eigenvalue weighted by Crippen LogP contribution is 2.13. The summed E-state index contributed by atoms with van der Waals surface area (Å²) in [6.45, 7) is 7.28. The smallest absolute Gasteiger partial charge is 0.219 e. The molecule has 1 heterocycles. The molecule has 0 aromatic heterocycles. The summed E-state index contributed by atoms with van der Waals surface area (Å²) in [4.78, 5) is 12.8. The number of hydrogen-bond donors (Lipinski definition) is 0. The van der Waals surface area contributed by atoms with Crippen molar-refractivity contribution in [1.82, 2.24) is 4.90 Å². The molecule has 1 saturated heterocycles. The van der Waals surface area contributed by atoms with Gasteiger partial charge in [0.1, 0.15) is 0 Å². The maximum Gasteiger partial charge on any atom is 0.219 e. The number of nitrogens with zero attached hydrogens (tertiary/aromatic N) is 1. The molecule has 3 heteroatoms. The van der Waals surface area contributed by atoms with Crippen molar-refractivity contribution in [2.24, 2.45) is 0 Å². The molecule has 0 aromatic carbocycles. The van der Waals surface area contributed by atoms with Gasteiger partial charge in [-0.25, -0.2) is 0 Å². The second-order valence-electron chi connectivity index (χ2n) is 3.56. The molecule has 0 aliphatic carbocycles. The van der Waals surface area contributed by atoms with E-state index in [4.69, 9.17) is 4.74 Å². The van der Waals surface area contributed by atoms with E-state index in [2.05, 4.69) is 0 Å². The lowest BCUT2D eigenvalue weighted by Crippen LogP contribution is -2.28. The zero-order valence-corrected chi connectivity index (χ0v) is 8.04. The van der Waals surface area contributed by atoms with Crippen molar-refractivity contribution >= 4 is 5.91 Å². The summed E-state index contributed by atoms with van der Waals surface area (Å²) in [5.41, 5.74) is 0. The van der Waals surface area contributed by atoms with Crippen LogP contribution in [-0.4, -0.2) is 36.1 Å². The molecular formula is C9H17NO2. The van der Waals surface area contributed by atoms with Gasteiger partial charge in [-0.3, -0.25) is 4.79 Å². The minimum absolute atomic E-state index is 0.157. The maximum atomic E-state index is 10.9. The molecule has 0 spiro atoms. The predicted molar refractivity (Wildman–Crippen MR) is 46.9 cm³/mol. The van der Waals surface area contributed by atoms with Crippen LogP contribution in [0.1, 0.15) is 27.2 Å². The van der Waals surface area contributed by atoms with E-state index < -0.39 is 0 Å². The van der Waals surface area contributed by atoms with E-state index in [9.17, 15) is 4.79 Å². The van der Waals surface area contributed by atoms with Crippen LogP contribution in [0.4, 0.5) is 0 Å². The number of rotatable bonds is 2. The van der Waals surface area contributed by atoms with Crippen LogP contribution in [0.25, 0.3) is 0 Å². The fraction of sp³-hybridized carbons (Fsp3) is 0.889. The lowest BCUT2D eigenvalue weighted by molar-refractivity contribution is -0.128. The van der Waals surface area contributed by atoms with Gasteiger partial charge in [0.2, 0.25) is 5.91 Å². The van der Waals surface area contributed by atoms with Gasteiger partial charge < -0.3 is 9.64 Å². The highest BCUT2D eigenvalue weighted by Gasteiger charge is 2.24. The summed E-state index contributed by atoms with van der Waals surface area (Å²) in [6, 6.07) is 0. The molecule has 70 valence electrons. The van der Waals surface area contributed by atoms with Crippen LogP contribution in [0.15, 0.2) is 0 Å². The highest BCUT2D eigenvalue weighted by atomic mass is 16.5. The Labute approximate surface area is 73.7 Å². The molecule has 1 rings (SSSR count). The van der Waals surface area contributed by atoms with Gasteiger partial charge >= 0.3 is 0 Å². The Kier molecular flexibility index (Phi) is 3.09. The number of likely N-dealkylation sites (tertiary alicyclic amines) is 1. The second-order valence-corrected chi connectivity index (χ2v) is 3.56. The van der Waals surface area contributed by atoms with Gasteiger partial charge in [-0.05, 0) is 20.3 Å². The Balaban J connectivity index is 2.30. The first kappa shape index (κ1) is 9.52. The van der Waals surface area contributed by atoms with Crippen LogP contribution in [0.5, 0.6) is 0 Å². The number of amides is 1. The van der Waals surface area contributed by atoms with E-state index in [-0.39, 0.29) is 18.1 Å². The fourth-order valence-electron chi connectivity index (χ4n) is 1.51. The van der Waals surface area contributed by atoms with E-state index in [1.165, 1.54) is 0 Å². The topological polar surface area (TPSA) is 29.5 Å². The minimum atomic E-state index is 0.157. The Morgan fingerprint density at radius 2 is 2.25 bits per heavy atom. The zero-order valence-electron chi connectivity index (χ0n) is 8.04. The molecule has 0 N–H and O–H groups in total. The lowest BCUT2D eigenvalue weighted by atomic mass is 10.3. The van der Waals surface area contributed by atoms with E-state index in [1.807, 2.05) is 18.7 Å². The van der Waals surface area contributed by atoms with Gasteiger partial charge in [-0.15, -0.1) is 0 Å². The third-order valence-corrected chi connectivity index (χ3v) is 2.05. The molecule has 12 heavy (non-hydrogen) atoms. The summed E-state index contributed by atoms with van der Waals surface area (Å²) >= 11 is 0. The van der Waals surface area contributed by atoms with E-state index in [0.717, 1.165) is 19.5 Å². The summed E-state index contributed by atoms with van der Waals surface area (Å²) in [7, 11) is 0. The summed E-state index contributed by atoms with van der Waals surface area (Å²) in [5.74, 6) is 0.157. The van der Waals surface area contributed by atoms with Gasteiger partial charge in [0, 0.05) is 20.0 Å². The van der Waals surface area contributed by atoms with Crippen LogP contribution < -0.4 is 0 Å². The normalized spacial score (nSPS) is 23.7. The second kappa shape index (κ2) is 3.90. The first-order chi connectivity index (χ1) is 5.59. The number of ether oxygens (including phenoxy) is 1. The highest BCUT2D eigenvalue weighted by molar-refractivity contribution is 5.73. The molecule has 1 aliphatic heterocycles. The average Bonchev–Trinajstić information content (AvgIpc) is 2.34. The Morgan fingerprint density at radius 1 is 1.58 bits per heavy atom. The summed E-state index contributed by atoms with van der Waals surface area (Å²) in [5, 5.41) is 0. The fourth-order valence-corrected chi connectivity index (χ4v) is 1.51. The molecule has 1 amide bonds. The number of hydrogen-bond acceptors (Lipinski definition) is 2. The van der Waals surface area contributed by atoms with Gasteiger partial charge in [-0.2, -0.15) is 0 Å². The van der Waals surface area contributed by atoms with Gasteiger partial charge in [0.15, 0.2) is 0 Å². The Hall–Kier alpha value is -0.570. The van der Waals surface area contributed by atoms with Crippen molar-refractivity contribution in [3.63, 3.8) is 0 Å². The van der Waals surface area contributed by atoms with E-state index in [1.54, 1.807) is 6.92 Å². The van der Waals surface area contributed by atoms with Crippen molar-refractivity contribution in [2.75, 3.05) is 13.1 Å². The van der Waals surface area contributed by atoms with Crippen LogP contribution in [0.2, 0.25) is 0 Å². The molecule has 0 unspecified atom stereocenters. The molecular weight excluding hydrogens is 154 g/mol. The molecule has 3 nitrogen and oxygen atoms in total. The molecule has 1 fully saturated rings. The molecule has 0 saturated carbocycles. The molecule has 1 atom stereocenters. The van der Waals surface area contributed by atoms with E-state index in [0.29, 0.717) is 0 Å². The van der Waals surface area contributed by atoms with E-state index >= 15 is 0 Å². The molecule has 1 aliphatic rings. The summed E-state index contributed by atoms with van der Waals surface area (Å²) < 4.78 is 5.60. The minimum Gasteiger partial charge on any atom is -0.374 e. The molecule has 0 aromatic rings. The van der Waals surface area contributed by atoms with Crippen LogP contribution in [-0.2, 0) is 9.53 Å². The quantitative estimate of drug-likeness (QED) is 0.621. The maximum absolute atomic E-state index is 10.9. The third kappa shape index (κ3) is 2.48. The zero-order chi connectivity index (χ0) is 9.14. The van der Waals surface area contributed by atoms with Crippen LogP contribution in [0, 0.1) is 0 Å². The predicted octanol–water partition coefficient (Wildman–Crippen LogP) is 1.03. The lowest BCUT2D eigenvalue weighted by Gasteiger charge is -2.16. The first-order valence-electron chi connectivity index (χ1n) is 4.50. The van der Waals surface area contributed by atoms with Crippen molar-refractivity contribution in [3.8, 4) is 0 Å². The standard InChI is InChI=1S/C9H17NO2/c1-7(2)12-9-4-5-10(6-9)8(3)11/h7,9H,4-6H2,1-3H3/t9-/m0/s1. The van der Waals surface area contributed by atoms with Crippen molar-refractivity contribution in [3.05, 3.63) is 0 Å². The SMILES string of the molecule is CC(=O)N1CC[C@H](OC(C)C)C1. The largest absolute Gasteiger partial charge is 0.374 e.